The number of fused-ring (bicyclic) bond motifs is 1. The molecule has 0 bridgehead atoms. The van der Waals surface area contributed by atoms with Gasteiger partial charge < -0.3 is 14.9 Å². The molecular weight excluding hydrogens is 360 g/mol. The number of phenolic OH excluding ortho intramolecular Hbond substituents is 2. The number of allylic oxidation sites excluding steroid dienone is 3. The summed E-state index contributed by atoms with van der Waals surface area (Å²) in [6, 6.07) is 2.29. The summed E-state index contributed by atoms with van der Waals surface area (Å²) in [5.74, 6) is -2.76. The summed E-state index contributed by atoms with van der Waals surface area (Å²) in [7, 11) is 0. The second-order valence-corrected chi connectivity index (χ2v) is 7.46. The molecule has 0 saturated heterocycles. The van der Waals surface area contributed by atoms with E-state index in [2.05, 4.69) is 0 Å². The molecule has 2 rings (SSSR count). The van der Waals surface area contributed by atoms with E-state index in [-0.39, 0.29) is 23.1 Å². The Bertz CT molecular complexity index is 940. The number of aromatic hydroxyl groups is 2. The zero-order valence-corrected chi connectivity index (χ0v) is 16.6. The first-order valence-corrected chi connectivity index (χ1v) is 8.83. The van der Waals surface area contributed by atoms with E-state index in [0.29, 0.717) is 0 Å². The molecule has 0 saturated carbocycles. The van der Waals surface area contributed by atoms with Crippen molar-refractivity contribution >= 4 is 17.5 Å². The third kappa shape index (κ3) is 4.22. The first-order chi connectivity index (χ1) is 13.0. The van der Waals surface area contributed by atoms with Crippen LogP contribution in [0.2, 0.25) is 0 Å². The minimum Gasteiger partial charge on any atom is -0.507 e. The Kier molecular flexibility index (Phi) is 5.92. The van der Waals surface area contributed by atoms with Crippen LogP contribution in [0.5, 0.6) is 11.5 Å². The highest BCUT2D eigenvalue weighted by Crippen LogP contribution is 2.39. The smallest absolute Gasteiger partial charge is 0.331 e. The first kappa shape index (κ1) is 21.2. The van der Waals surface area contributed by atoms with Gasteiger partial charge in [0.2, 0.25) is 0 Å². The van der Waals surface area contributed by atoms with Crippen LogP contribution >= 0.6 is 0 Å². The Labute approximate surface area is 163 Å². The van der Waals surface area contributed by atoms with Crippen LogP contribution < -0.4 is 0 Å². The van der Waals surface area contributed by atoms with Crippen LogP contribution in [-0.4, -0.2) is 33.3 Å². The third-order valence-electron chi connectivity index (χ3n) is 4.36. The van der Waals surface area contributed by atoms with Crippen LogP contribution in [0.3, 0.4) is 0 Å². The van der Waals surface area contributed by atoms with E-state index in [9.17, 15) is 24.6 Å². The van der Waals surface area contributed by atoms with E-state index in [4.69, 9.17) is 4.74 Å². The summed E-state index contributed by atoms with van der Waals surface area (Å²) in [5.41, 5.74) is -0.358. The highest BCUT2D eigenvalue weighted by atomic mass is 16.6. The molecular formula is C22H24O6. The molecule has 6 heteroatoms. The largest absolute Gasteiger partial charge is 0.507 e. The van der Waals surface area contributed by atoms with Gasteiger partial charge in [-0.25, -0.2) is 4.79 Å². The first-order valence-electron chi connectivity index (χ1n) is 8.83. The molecule has 1 atom stereocenters. The van der Waals surface area contributed by atoms with Gasteiger partial charge in [-0.3, -0.25) is 9.59 Å². The van der Waals surface area contributed by atoms with Crippen LogP contribution in [0.1, 0.15) is 61.8 Å². The highest BCUT2D eigenvalue weighted by Gasteiger charge is 2.42. The van der Waals surface area contributed by atoms with Crippen molar-refractivity contribution in [3.05, 3.63) is 58.2 Å². The summed E-state index contributed by atoms with van der Waals surface area (Å²) < 4.78 is 5.60. The van der Waals surface area contributed by atoms with Gasteiger partial charge in [-0.05, 0) is 52.8 Å². The van der Waals surface area contributed by atoms with Gasteiger partial charge in [0.05, 0.1) is 11.1 Å². The maximum absolute atomic E-state index is 13.1. The van der Waals surface area contributed by atoms with Gasteiger partial charge in [0.1, 0.15) is 17.1 Å². The van der Waals surface area contributed by atoms with Crippen LogP contribution in [-0.2, 0) is 9.53 Å². The molecule has 0 aliphatic heterocycles. The van der Waals surface area contributed by atoms with Gasteiger partial charge in [0, 0.05) is 18.1 Å². The summed E-state index contributed by atoms with van der Waals surface area (Å²) >= 11 is 0. The predicted molar refractivity (Wildman–Crippen MR) is 104 cm³/mol. The van der Waals surface area contributed by atoms with Crippen molar-refractivity contribution in [2.45, 2.75) is 46.6 Å². The van der Waals surface area contributed by atoms with E-state index < -0.39 is 34.6 Å². The van der Waals surface area contributed by atoms with Crippen LogP contribution in [0.25, 0.3) is 0 Å². The molecule has 0 aromatic heterocycles. The van der Waals surface area contributed by atoms with E-state index in [0.717, 1.165) is 29.4 Å². The van der Waals surface area contributed by atoms with Gasteiger partial charge in [-0.15, -0.1) is 0 Å². The molecule has 1 aromatic carbocycles. The quantitative estimate of drug-likeness (QED) is 0.344. The van der Waals surface area contributed by atoms with E-state index in [1.54, 1.807) is 26.8 Å². The molecule has 28 heavy (non-hydrogen) atoms. The van der Waals surface area contributed by atoms with Crippen LogP contribution in [0, 0.1) is 0 Å². The standard InChI is InChI=1S/C22H24O6/c1-12(2)8-9-22(5,28-18(26)10-13(3)4)14-11-17(25)19-15(23)6-7-16(24)20(19)21(14)27/h6-8,10-11,23-24H,9H2,1-5H3. The van der Waals surface area contributed by atoms with Crippen molar-refractivity contribution in [2.75, 3.05) is 0 Å². The highest BCUT2D eigenvalue weighted by molar-refractivity contribution is 6.27. The normalized spacial score (nSPS) is 15.1. The number of esters is 1. The molecule has 0 heterocycles. The fourth-order valence-corrected chi connectivity index (χ4v) is 2.95. The zero-order chi connectivity index (χ0) is 21.2. The Morgan fingerprint density at radius 1 is 1.04 bits per heavy atom. The van der Waals surface area contributed by atoms with Gasteiger partial charge in [0.15, 0.2) is 11.6 Å². The Morgan fingerprint density at radius 3 is 2.14 bits per heavy atom. The summed E-state index contributed by atoms with van der Waals surface area (Å²) in [4.78, 5) is 38.0. The number of carbonyl (C=O) groups excluding carboxylic acids is 3. The molecule has 1 aliphatic rings. The Morgan fingerprint density at radius 2 is 1.61 bits per heavy atom. The number of ketones is 2. The average molecular weight is 384 g/mol. The maximum Gasteiger partial charge on any atom is 0.331 e. The van der Waals surface area contributed by atoms with E-state index in [1.165, 1.54) is 6.08 Å². The maximum atomic E-state index is 13.1. The predicted octanol–water partition coefficient (Wildman–Crippen LogP) is 4.03. The fraction of sp³-hybridized carbons (Fsp3) is 0.318. The molecule has 6 nitrogen and oxygen atoms in total. The monoisotopic (exact) mass is 384 g/mol. The summed E-state index contributed by atoms with van der Waals surface area (Å²) in [6.45, 7) is 8.74. The third-order valence-corrected chi connectivity index (χ3v) is 4.36. The number of hydrogen-bond acceptors (Lipinski definition) is 6. The number of carbonyl (C=O) groups is 3. The van der Waals surface area contributed by atoms with E-state index in [1.807, 2.05) is 13.8 Å². The summed E-state index contributed by atoms with van der Waals surface area (Å²) in [6.07, 6.45) is 4.33. The van der Waals surface area contributed by atoms with Crippen molar-refractivity contribution in [2.24, 2.45) is 0 Å². The van der Waals surface area contributed by atoms with Crippen molar-refractivity contribution in [1.29, 1.82) is 0 Å². The molecule has 0 radical (unpaired) electrons. The lowest BCUT2D eigenvalue weighted by molar-refractivity contribution is -0.148. The molecule has 1 aliphatic carbocycles. The average Bonchev–Trinajstić information content (AvgIpc) is 2.57. The number of rotatable bonds is 5. The number of benzene rings is 1. The molecule has 148 valence electrons. The minimum atomic E-state index is -1.43. The van der Waals surface area contributed by atoms with Gasteiger partial charge >= 0.3 is 5.97 Å². The molecule has 0 spiro atoms. The molecule has 2 N–H and O–H groups in total. The number of ether oxygens (including phenoxy) is 1. The van der Waals surface area contributed by atoms with Crippen LogP contribution in [0.15, 0.2) is 47.1 Å². The van der Waals surface area contributed by atoms with Crippen molar-refractivity contribution in [3.8, 4) is 11.5 Å². The Balaban J connectivity index is 2.60. The molecule has 1 aromatic rings. The number of phenols is 2. The van der Waals surface area contributed by atoms with E-state index >= 15 is 0 Å². The lowest BCUT2D eigenvalue weighted by Gasteiger charge is -2.32. The topological polar surface area (TPSA) is 101 Å². The minimum absolute atomic E-state index is 0.0566. The SMILES string of the molecule is CC(C)=CCC(C)(OC(=O)C=C(C)C)C1=CC(=O)c2c(O)ccc(O)c2C1=O. The number of hydrogen-bond donors (Lipinski definition) is 2. The van der Waals surface area contributed by atoms with Gasteiger partial charge in [-0.2, -0.15) is 0 Å². The lowest BCUT2D eigenvalue weighted by atomic mass is 9.79. The van der Waals surface area contributed by atoms with Crippen molar-refractivity contribution in [1.82, 2.24) is 0 Å². The second-order valence-electron chi connectivity index (χ2n) is 7.46. The number of Topliss-reactive ketones (excluding diaryl/α,β-unsaturated/α-hetero) is 1. The zero-order valence-electron chi connectivity index (χ0n) is 16.6. The van der Waals surface area contributed by atoms with Gasteiger partial charge in [-0.1, -0.05) is 17.2 Å². The molecule has 1 unspecified atom stereocenters. The van der Waals surface area contributed by atoms with Crippen molar-refractivity contribution in [3.63, 3.8) is 0 Å². The fourth-order valence-electron chi connectivity index (χ4n) is 2.95. The van der Waals surface area contributed by atoms with Crippen molar-refractivity contribution < 1.29 is 29.3 Å². The second kappa shape index (κ2) is 7.84. The lowest BCUT2D eigenvalue weighted by Crippen LogP contribution is -2.39. The molecule has 0 fully saturated rings. The van der Waals surface area contributed by atoms with Gasteiger partial charge in [0.25, 0.3) is 0 Å². The summed E-state index contributed by atoms with van der Waals surface area (Å²) in [5, 5.41) is 20.1. The molecule has 0 amide bonds. The van der Waals surface area contributed by atoms with Crippen LogP contribution in [0.4, 0.5) is 0 Å². The Hall–Kier alpha value is -3.15.